The summed E-state index contributed by atoms with van der Waals surface area (Å²) in [6.45, 7) is 11.3. The van der Waals surface area contributed by atoms with Gasteiger partial charge in [0.1, 0.15) is 0 Å². The van der Waals surface area contributed by atoms with Crippen LogP contribution in [0.25, 0.3) is 0 Å². The van der Waals surface area contributed by atoms with Gasteiger partial charge in [-0.3, -0.25) is 4.79 Å². The van der Waals surface area contributed by atoms with E-state index in [-0.39, 0.29) is 18.1 Å². The quantitative estimate of drug-likeness (QED) is 0.600. The number of carbonyl (C=O) groups excluding carboxylic acids is 1. The van der Waals surface area contributed by atoms with Gasteiger partial charge in [-0.05, 0) is 13.8 Å². The lowest BCUT2D eigenvalue weighted by molar-refractivity contribution is -0.140. The van der Waals surface area contributed by atoms with Crippen LogP contribution in [-0.2, 0) is 9.53 Å². The lowest BCUT2D eigenvalue weighted by Crippen LogP contribution is -2.47. The molecule has 0 aromatic rings. The molecule has 2 atom stereocenters. The lowest BCUT2D eigenvalue weighted by atomic mass is 10.2. The molecule has 1 fully saturated rings. The summed E-state index contributed by atoms with van der Waals surface area (Å²) in [4.78, 5) is 12.8. The highest BCUT2D eigenvalue weighted by Crippen LogP contribution is 2.09. The Morgan fingerprint density at radius 2 is 1.64 bits per heavy atom. The number of amides is 1. The van der Waals surface area contributed by atoms with Gasteiger partial charge < -0.3 is 9.64 Å². The third-order valence-corrected chi connectivity index (χ3v) is 1.86. The van der Waals surface area contributed by atoms with Crippen LogP contribution in [0.1, 0.15) is 41.0 Å². The Hall–Kier alpha value is -0.570. The zero-order chi connectivity index (χ0) is 11.1. The zero-order valence-electron chi connectivity index (χ0n) is 10.0. The van der Waals surface area contributed by atoms with Gasteiger partial charge in [0.2, 0.25) is 5.91 Å². The van der Waals surface area contributed by atoms with E-state index in [0.717, 1.165) is 13.1 Å². The summed E-state index contributed by atoms with van der Waals surface area (Å²) in [5.41, 5.74) is 0. The van der Waals surface area contributed by atoms with Crippen LogP contribution in [0, 0.1) is 0 Å². The highest BCUT2D eigenvalue weighted by molar-refractivity contribution is 5.73. The maximum Gasteiger partial charge on any atom is 0.219 e. The molecule has 2 unspecified atom stereocenters. The Bertz CT molecular complexity index is 161. The monoisotopic (exact) mass is 201 g/mol. The molecule has 1 heterocycles. The van der Waals surface area contributed by atoms with Gasteiger partial charge in [0.25, 0.3) is 0 Å². The molecule has 0 bridgehead atoms. The topological polar surface area (TPSA) is 29.5 Å². The van der Waals surface area contributed by atoms with Gasteiger partial charge in [0.05, 0.1) is 12.2 Å². The van der Waals surface area contributed by atoms with Gasteiger partial charge in [0, 0.05) is 20.0 Å². The molecule has 1 amide bonds. The van der Waals surface area contributed by atoms with Crippen LogP contribution in [0.5, 0.6) is 0 Å². The summed E-state index contributed by atoms with van der Waals surface area (Å²) >= 11 is 0. The summed E-state index contributed by atoms with van der Waals surface area (Å²) in [6, 6.07) is 0. The normalized spacial score (nSPS) is 26.5. The number of nitrogens with zero attached hydrogens (tertiary/aromatic N) is 1. The van der Waals surface area contributed by atoms with Crippen molar-refractivity contribution in [2.75, 3.05) is 13.1 Å². The van der Waals surface area contributed by atoms with Crippen LogP contribution >= 0.6 is 0 Å². The van der Waals surface area contributed by atoms with Gasteiger partial charge in [-0.2, -0.15) is 0 Å². The molecule has 1 saturated heterocycles. The second kappa shape index (κ2) is 6.82. The lowest BCUT2D eigenvalue weighted by Gasteiger charge is -2.34. The van der Waals surface area contributed by atoms with E-state index in [1.807, 2.05) is 18.7 Å². The third-order valence-electron chi connectivity index (χ3n) is 1.86. The van der Waals surface area contributed by atoms with Crippen LogP contribution < -0.4 is 0 Å². The number of hydrogen-bond acceptors (Lipinski definition) is 2. The molecular formula is C11H23NO2. The Labute approximate surface area is 87.4 Å². The smallest absolute Gasteiger partial charge is 0.219 e. The number of rotatable bonds is 0. The van der Waals surface area contributed by atoms with Gasteiger partial charge in [-0.25, -0.2) is 0 Å². The van der Waals surface area contributed by atoms with E-state index >= 15 is 0 Å². The first-order valence-electron chi connectivity index (χ1n) is 5.42. The predicted molar refractivity (Wildman–Crippen MR) is 58.2 cm³/mol. The number of morpholine rings is 1. The molecule has 0 aromatic carbocycles. The minimum Gasteiger partial charge on any atom is -0.372 e. The summed E-state index contributed by atoms with van der Waals surface area (Å²) < 4.78 is 5.47. The maximum atomic E-state index is 11.0. The first-order valence-corrected chi connectivity index (χ1v) is 5.42. The van der Waals surface area contributed by atoms with E-state index in [2.05, 4.69) is 13.8 Å². The molecule has 1 aliphatic heterocycles. The van der Waals surface area contributed by atoms with Crippen LogP contribution in [0.15, 0.2) is 0 Å². The predicted octanol–water partition coefficient (Wildman–Crippen LogP) is 2.06. The molecule has 1 rings (SSSR count). The van der Waals surface area contributed by atoms with E-state index < -0.39 is 0 Å². The number of carbonyl (C=O) groups is 1. The average molecular weight is 201 g/mol. The largest absolute Gasteiger partial charge is 0.372 e. The highest BCUT2D eigenvalue weighted by atomic mass is 16.5. The number of hydrogen-bond donors (Lipinski definition) is 0. The van der Waals surface area contributed by atoms with Crippen molar-refractivity contribution in [3.05, 3.63) is 0 Å². The second-order valence-electron chi connectivity index (χ2n) is 3.89. The van der Waals surface area contributed by atoms with Gasteiger partial charge >= 0.3 is 0 Å². The average Bonchev–Trinajstić information content (AvgIpc) is 2.03. The first-order chi connectivity index (χ1) is 6.51. The standard InChI is InChI=1S/C8H15NO2.C3H8/c1-6-4-9(8(3)10)5-7(2)11-6;1-3-2/h6-7H,4-5H2,1-3H3;3H2,1-2H3. The Morgan fingerprint density at radius 3 is 1.93 bits per heavy atom. The fourth-order valence-electron chi connectivity index (χ4n) is 1.44. The summed E-state index contributed by atoms with van der Waals surface area (Å²) in [6.07, 6.45) is 1.62. The zero-order valence-corrected chi connectivity index (χ0v) is 10.0. The van der Waals surface area contributed by atoms with Gasteiger partial charge in [-0.15, -0.1) is 0 Å². The van der Waals surface area contributed by atoms with Crippen molar-refractivity contribution in [3.63, 3.8) is 0 Å². The molecule has 84 valence electrons. The van der Waals surface area contributed by atoms with E-state index in [0.29, 0.717) is 0 Å². The molecular weight excluding hydrogens is 178 g/mol. The van der Waals surface area contributed by atoms with E-state index in [9.17, 15) is 4.79 Å². The maximum absolute atomic E-state index is 11.0. The van der Waals surface area contributed by atoms with Crippen molar-refractivity contribution in [1.29, 1.82) is 0 Å². The number of ether oxygens (including phenoxy) is 1. The van der Waals surface area contributed by atoms with Crippen LogP contribution in [0.2, 0.25) is 0 Å². The summed E-state index contributed by atoms with van der Waals surface area (Å²) in [7, 11) is 0. The van der Waals surface area contributed by atoms with E-state index in [1.165, 1.54) is 6.42 Å². The van der Waals surface area contributed by atoms with Crippen molar-refractivity contribution in [3.8, 4) is 0 Å². The molecule has 0 N–H and O–H groups in total. The molecule has 0 aliphatic carbocycles. The van der Waals surface area contributed by atoms with Crippen LogP contribution in [0.4, 0.5) is 0 Å². The summed E-state index contributed by atoms with van der Waals surface area (Å²) in [5.74, 6) is 0.145. The van der Waals surface area contributed by atoms with Crippen molar-refractivity contribution >= 4 is 5.91 Å². The first kappa shape index (κ1) is 13.4. The van der Waals surface area contributed by atoms with Crippen LogP contribution in [-0.4, -0.2) is 36.1 Å². The van der Waals surface area contributed by atoms with E-state index in [1.54, 1.807) is 6.92 Å². The molecule has 1 aliphatic rings. The fraction of sp³-hybridized carbons (Fsp3) is 0.909. The van der Waals surface area contributed by atoms with Crippen LogP contribution in [0.3, 0.4) is 0 Å². The van der Waals surface area contributed by atoms with Gasteiger partial charge in [-0.1, -0.05) is 20.3 Å². The second-order valence-corrected chi connectivity index (χ2v) is 3.89. The van der Waals surface area contributed by atoms with Gasteiger partial charge in [0.15, 0.2) is 0 Å². The van der Waals surface area contributed by atoms with E-state index in [4.69, 9.17) is 4.74 Å². The highest BCUT2D eigenvalue weighted by Gasteiger charge is 2.23. The van der Waals surface area contributed by atoms with Crippen molar-refractivity contribution in [2.45, 2.75) is 53.2 Å². The van der Waals surface area contributed by atoms with Crippen molar-refractivity contribution in [1.82, 2.24) is 4.90 Å². The Morgan fingerprint density at radius 1 is 1.29 bits per heavy atom. The SMILES string of the molecule is CC(=O)N1CC(C)OC(C)C1.CCC. The summed E-state index contributed by atoms with van der Waals surface area (Å²) in [5, 5.41) is 0. The fourth-order valence-corrected chi connectivity index (χ4v) is 1.44. The molecule has 0 aromatic heterocycles. The molecule has 0 radical (unpaired) electrons. The van der Waals surface area contributed by atoms with Crippen molar-refractivity contribution in [2.24, 2.45) is 0 Å². The third kappa shape index (κ3) is 5.22. The molecule has 14 heavy (non-hydrogen) atoms. The van der Waals surface area contributed by atoms with Crippen molar-refractivity contribution < 1.29 is 9.53 Å². The Kier molecular flexibility index (Phi) is 6.54. The minimum absolute atomic E-state index is 0.145. The molecule has 3 heteroatoms. The minimum atomic E-state index is 0.145. The molecule has 0 spiro atoms. The molecule has 3 nitrogen and oxygen atoms in total. The Balaban J connectivity index is 0.000000500. The molecule has 0 saturated carbocycles.